The van der Waals surface area contributed by atoms with Crippen LogP contribution in [0.3, 0.4) is 0 Å². The van der Waals surface area contributed by atoms with Gasteiger partial charge in [-0.1, -0.05) is 59.6 Å². The molecule has 0 N–H and O–H groups in total. The fourth-order valence-electron chi connectivity index (χ4n) is 4.17. The summed E-state index contributed by atoms with van der Waals surface area (Å²) >= 11 is 12.3. The molecule has 3 aromatic carbocycles. The number of halogens is 2. The van der Waals surface area contributed by atoms with Gasteiger partial charge in [-0.25, -0.2) is 0 Å². The summed E-state index contributed by atoms with van der Waals surface area (Å²) in [4.78, 5) is 20.4. The SMILES string of the molecule is O=[N+]([O-])c1ccc(C(Cc2ccc3ccc(Cl)cc3n2)Cc2ccc3ccc(Cl)cc3n2)cc1. The molecule has 5 rings (SSSR count). The second-order valence-electron chi connectivity index (χ2n) is 8.23. The number of rotatable bonds is 6. The van der Waals surface area contributed by atoms with E-state index >= 15 is 0 Å². The number of pyridine rings is 2. The van der Waals surface area contributed by atoms with E-state index in [2.05, 4.69) is 0 Å². The third-order valence-corrected chi connectivity index (χ3v) is 6.38. The van der Waals surface area contributed by atoms with Crippen LogP contribution in [-0.2, 0) is 12.8 Å². The third kappa shape index (κ3) is 4.86. The molecule has 0 aliphatic carbocycles. The van der Waals surface area contributed by atoms with Crippen molar-refractivity contribution in [1.29, 1.82) is 0 Å². The van der Waals surface area contributed by atoms with Gasteiger partial charge in [0.15, 0.2) is 0 Å². The zero-order valence-corrected chi connectivity index (χ0v) is 19.5. The van der Waals surface area contributed by atoms with Crippen LogP contribution in [-0.4, -0.2) is 14.9 Å². The van der Waals surface area contributed by atoms with Gasteiger partial charge in [-0.3, -0.25) is 20.1 Å². The number of nitro benzene ring substituents is 1. The van der Waals surface area contributed by atoms with Crippen LogP contribution in [0.1, 0.15) is 22.9 Å². The lowest BCUT2D eigenvalue weighted by atomic mass is 9.89. The van der Waals surface area contributed by atoms with Crippen LogP contribution >= 0.6 is 23.2 Å². The number of hydrogen-bond donors (Lipinski definition) is 0. The Bertz CT molecular complexity index is 1430. The van der Waals surface area contributed by atoms with Gasteiger partial charge in [0.2, 0.25) is 0 Å². The zero-order chi connectivity index (χ0) is 23.7. The van der Waals surface area contributed by atoms with Crippen molar-refractivity contribution >= 4 is 50.7 Å². The Balaban J connectivity index is 1.51. The molecule has 0 aliphatic rings. The van der Waals surface area contributed by atoms with Gasteiger partial charge in [0.1, 0.15) is 0 Å². The minimum absolute atomic E-state index is 0.0223. The van der Waals surface area contributed by atoms with Crippen LogP contribution in [0, 0.1) is 10.1 Å². The van der Waals surface area contributed by atoms with Crippen LogP contribution in [0.4, 0.5) is 5.69 Å². The molecule has 0 unspecified atom stereocenters. The molecule has 7 heteroatoms. The average molecular weight is 488 g/mol. The molecule has 0 bridgehead atoms. The quantitative estimate of drug-likeness (QED) is 0.183. The Kier molecular flexibility index (Phi) is 6.14. The minimum atomic E-state index is -0.387. The Hall–Kier alpha value is -3.54. The molecule has 2 aromatic heterocycles. The van der Waals surface area contributed by atoms with Crippen molar-refractivity contribution in [2.75, 3.05) is 0 Å². The first kappa shape index (κ1) is 22.3. The van der Waals surface area contributed by atoms with E-state index in [1.54, 1.807) is 12.1 Å². The van der Waals surface area contributed by atoms with Crippen molar-refractivity contribution < 1.29 is 4.92 Å². The highest BCUT2D eigenvalue weighted by Crippen LogP contribution is 2.28. The molecule has 5 nitrogen and oxygen atoms in total. The monoisotopic (exact) mass is 487 g/mol. The minimum Gasteiger partial charge on any atom is -0.258 e. The fourth-order valence-corrected chi connectivity index (χ4v) is 4.51. The first-order valence-electron chi connectivity index (χ1n) is 10.8. The second-order valence-corrected chi connectivity index (χ2v) is 9.11. The summed E-state index contributed by atoms with van der Waals surface area (Å²) in [6.07, 6.45) is 1.30. The van der Waals surface area contributed by atoms with Crippen LogP contribution in [0.5, 0.6) is 0 Å². The van der Waals surface area contributed by atoms with E-state index in [0.717, 1.165) is 38.8 Å². The van der Waals surface area contributed by atoms with Crippen LogP contribution in [0.15, 0.2) is 84.9 Å². The van der Waals surface area contributed by atoms with Gasteiger partial charge in [0, 0.05) is 44.3 Å². The molecule has 0 atom stereocenters. The standard InChI is InChI=1S/C27H19Cl2N3O2/c28-21-7-1-18-3-9-23(30-26(18)15-21)13-20(17-5-11-25(12-6-17)32(33)34)14-24-10-4-19-2-8-22(29)16-27(19)31-24/h1-12,15-16,20H,13-14H2. The van der Waals surface area contributed by atoms with E-state index in [9.17, 15) is 10.1 Å². The summed E-state index contributed by atoms with van der Waals surface area (Å²) in [5.74, 6) is 0.0223. The average Bonchev–Trinajstić information content (AvgIpc) is 2.83. The van der Waals surface area contributed by atoms with Crippen LogP contribution in [0.25, 0.3) is 21.8 Å². The van der Waals surface area contributed by atoms with Crippen molar-refractivity contribution in [3.8, 4) is 0 Å². The maximum atomic E-state index is 11.1. The molecular formula is C27H19Cl2N3O2. The normalized spacial score (nSPS) is 11.4. The van der Waals surface area contributed by atoms with Crippen molar-refractivity contribution in [2.45, 2.75) is 18.8 Å². The molecule has 5 aromatic rings. The van der Waals surface area contributed by atoms with Crippen molar-refractivity contribution in [1.82, 2.24) is 9.97 Å². The van der Waals surface area contributed by atoms with Gasteiger partial charge in [-0.15, -0.1) is 0 Å². The Morgan fingerprint density at radius 1 is 0.706 bits per heavy atom. The summed E-state index contributed by atoms with van der Waals surface area (Å²) < 4.78 is 0. The van der Waals surface area contributed by atoms with Gasteiger partial charge >= 0.3 is 0 Å². The number of hydrogen-bond acceptors (Lipinski definition) is 4. The van der Waals surface area contributed by atoms with Gasteiger partial charge in [0.25, 0.3) is 5.69 Å². The van der Waals surface area contributed by atoms with Crippen molar-refractivity contribution in [3.05, 3.63) is 122 Å². The van der Waals surface area contributed by atoms with E-state index < -0.39 is 0 Å². The molecule has 0 aliphatic heterocycles. The predicted molar refractivity (Wildman–Crippen MR) is 137 cm³/mol. The second kappa shape index (κ2) is 9.37. The van der Waals surface area contributed by atoms with Gasteiger partial charge in [-0.2, -0.15) is 0 Å². The Morgan fingerprint density at radius 2 is 1.18 bits per heavy atom. The van der Waals surface area contributed by atoms with Gasteiger partial charge < -0.3 is 0 Å². The lowest BCUT2D eigenvalue weighted by Gasteiger charge is -2.18. The number of nitrogens with zero attached hydrogens (tertiary/aromatic N) is 3. The summed E-state index contributed by atoms with van der Waals surface area (Å²) in [6.45, 7) is 0. The number of aromatic nitrogens is 2. The van der Waals surface area contributed by atoms with E-state index in [0.29, 0.717) is 22.9 Å². The predicted octanol–water partition coefficient (Wildman–Crippen LogP) is 7.57. The van der Waals surface area contributed by atoms with E-state index in [1.165, 1.54) is 0 Å². The molecule has 2 heterocycles. The maximum absolute atomic E-state index is 11.1. The van der Waals surface area contributed by atoms with E-state index in [4.69, 9.17) is 33.2 Å². The summed E-state index contributed by atoms with van der Waals surface area (Å²) in [6, 6.07) is 26.2. The molecule has 0 fully saturated rings. The highest BCUT2D eigenvalue weighted by atomic mass is 35.5. The molecule has 0 radical (unpaired) electrons. The number of benzene rings is 3. The molecular weight excluding hydrogens is 469 g/mol. The molecule has 0 spiro atoms. The van der Waals surface area contributed by atoms with Crippen LogP contribution in [0.2, 0.25) is 10.0 Å². The molecule has 0 saturated carbocycles. The summed E-state index contributed by atoms with van der Waals surface area (Å²) in [7, 11) is 0. The number of fused-ring (bicyclic) bond motifs is 2. The molecule has 168 valence electrons. The Morgan fingerprint density at radius 3 is 1.65 bits per heavy atom. The van der Waals surface area contributed by atoms with Crippen LogP contribution < -0.4 is 0 Å². The highest BCUT2D eigenvalue weighted by molar-refractivity contribution is 6.31. The lowest BCUT2D eigenvalue weighted by Crippen LogP contribution is -2.09. The molecule has 0 amide bonds. The molecule has 34 heavy (non-hydrogen) atoms. The summed E-state index contributed by atoms with van der Waals surface area (Å²) in [5, 5.41) is 14.5. The first-order valence-corrected chi connectivity index (χ1v) is 11.5. The largest absolute Gasteiger partial charge is 0.269 e. The smallest absolute Gasteiger partial charge is 0.258 e. The number of nitro groups is 1. The molecule has 0 saturated heterocycles. The fraction of sp³-hybridized carbons (Fsp3) is 0.111. The summed E-state index contributed by atoms with van der Waals surface area (Å²) in [5.41, 5.74) is 4.58. The van der Waals surface area contributed by atoms with E-state index in [-0.39, 0.29) is 16.5 Å². The topological polar surface area (TPSA) is 68.9 Å². The van der Waals surface area contributed by atoms with Gasteiger partial charge in [0.05, 0.1) is 16.0 Å². The van der Waals surface area contributed by atoms with Crippen molar-refractivity contribution in [3.63, 3.8) is 0 Å². The maximum Gasteiger partial charge on any atom is 0.269 e. The van der Waals surface area contributed by atoms with E-state index in [1.807, 2.05) is 72.8 Å². The number of non-ortho nitro benzene ring substituents is 1. The Labute approximate surface area is 206 Å². The lowest BCUT2D eigenvalue weighted by molar-refractivity contribution is -0.384. The first-order chi connectivity index (χ1) is 16.4. The van der Waals surface area contributed by atoms with Crippen molar-refractivity contribution in [2.24, 2.45) is 0 Å². The third-order valence-electron chi connectivity index (χ3n) is 5.91. The zero-order valence-electron chi connectivity index (χ0n) is 18.0. The van der Waals surface area contributed by atoms with Gasteiger partial charge in [-0.05, 0) is 60.7 Å². The highest BCUT2D eigenvalue weighted by Gasteiger charge is 2.17.